The minimum absolute atomic E-state index is 0.673. The van der Waals surface area contributed by atoms with Crippen LogP contribution in [-0.4, -0.2) is 74.4 Å². The van der Waals surface area contributed by atoms with Crippen LogP contribution in [-0.2, 0) is 4.74 Å². The number of nitrogens with zero attached hydrogens (tertiary/aromatic N) is 2. The molecule has 2 aliphatic heterocycles. The van der Waals surface area contributed by atoms with Gasteiger partial charge in [0.05, 0.1) is 13.2 Å². The van der Waals surface area contributed by atoms with Crippen LogP contribution in [0.15, 0.2) is 0 Å². The average molecular weight is 295 g/mol. The maximum absolute atomic E-state index is 5.50. The van der Waals surface area contributed by atoms with Crippen molar-refractivity contribution in [1.29, 1.82) is 0 Å². The molecule has 2 saturated heterocycles. The van der Waals surface area contributed by atoms with Crippen LogP contribution in [0.2, 0.25) is 0 Å². The highest BCUT2D eigenvalue weighted by Gasteiger charge is 2.40. The number of hydrogen-bond donors (Lipinski definition) is 1. The van der Waals surface area contributed by atoms with Gasteiger partial charge in [-0.2, -0.15) is 0 Å². The first-order valence-electron chi connectivity index (χ1n) is 8.92. The van der Waals surface area contributed by atoms with E-state index < -0.39 is 0 Å². The molecule has 0 amide bonds. The lowest BCUT2D eigenvalue weighted by Crippen LogP contribution is -2.56. The Morgan fingerprint density at radius 1 is 1.00 bits per heavy atom. The molecule has 3 rings (SSSR count). The summed E-state index contributed by atoms with van der Waals surface area (Å²) in [6.07, 6.45) is 4.07. The maximum Gasteiger partial charge on any atom is 0.0594 e. The Hall–Kier alpha value is -0.160. The molecule has 3 aliphatic rings. The van der Waals surface area contributed by atoms with E-state index in [1.165, 1.54) is 32.4 Å². The van der Waals surface area contributed by atoms with Crippen molar-refractivity contribution >= 4 is 0 Å². The third-order valence-corrected chi connectivity index (χ3v) is 5.98. The van der Waals surface area contributed by atoms with Gasteiger partial charge in [0.15, 0.2) is 0 Å². The Balaban J connectivity index is 1.61. The molecule has 0 bridgehead atoms. The first-order chi connectivity index (χ1) is 10.2. The zero-order chi connectivity index (χ0) is 14.8. The SMILES string of the molecule is CNC1CC(C)CC(C)C1N1CCC(N2CCOCC2)C1. The molecule has 0 aromatic rings. The molecule has 2 heterocycles. The van der Waals surface area contributed by atoms with E-state index in [-0.39, 0.29) is 0 Å². The molecule has 122 valence electrons. The zero-order valence-electron chi connectivity index (χ0n) is 14.1. The van der Waals surface area contributed by atoms with Crippen molar-refractivity contribution in [2.75, 3.05) is 46.4 Å². The largest absolute Gasteiger partial charge is 0.379 e. The third-order valence-electron chi connectivity index (χ3n) is 5.98. The average Bonchev–Trinajstić information content (AvgIpc) is 2.96. The van der Waals surface area contributed by atoms with Gasteiger partial charge in [-0.05, 0) is 38.1 Å². The molecule has 0 spiro atoms. The van der Waals surface area contributed by atoms with Gasteiger partial charge in [-0.1, -0.05) is 13.8 Å². The first kappa shape index (κ1) is 15.7. The third kappa shape index (κ3) is 3.44. The van der Waals surface area contributed by atoms with E-state index in [2.05, 4.69) is 36.0 Å². The standard InChI is InChI=1S/C17H33N3O/c1-13-10-14(2)17(16(11-13)18-3)20-5-4-15(12-20)19-6-8-21-9-7-19/h13-18H,4-12H2,1-3H3. The molecule has 3 fully saturated rings. The summed E-state index contributed by atoms with van der Waals surface area (Å²) < 4.78 is 5.50. The second kappa shape index (κ2) is 6.95. The van der Waals surface area contributed by atoms with Crippen LogP contribution in [0, 0.1) is 11.8 Å². The molecule has 5 atom stereocenters. The van der Waals surface area contributed by atoms with Gasteiger partial charge in [0.2, 0.25) is 0 Å². The van der Waals surface area contributed by atoms with Gasteiger partial charge < -0.3 is 10.1 Å². The highest BCUT2D eigenvalue weighted by Crippen LogP contribution is 2.34. The fourth-order valence-corrected chi connectivity index (χ4v) is 5.02. The maximum atomic E-state index is 5.50. The van der Waals surface area contributed by atoms with Gasteiger partial charge in [0.1, 0.15) is 0 Å². The van der Waals surface area contributed by atoms with Crippen LogP contribution in [0.3, 0.4) is 0 Å². The summed E-state index contributed by atoms with van der Waals surface area (Å²) in [5, 5.41) is 3.61. The molecule has 0 radical (unpaired) electrons. The Morgan fingerprint density at radius 3 is 2.48 bits per heavy atom. The van der Waals surface area contributed by atoms with Crippen LogP contribution < -0.4 is 5.32 Å². The monoisotopic (exact) mass is 295 g/mol. The van der Waals surface area contributed by atoms with E-state index in [4.69, 9.17) is 4.74 Å². The number of ether oxygens (including phenoxy) is 1. The smallest absolute Gasteiger partial charge is 0.0594 e. The van der Waals surface area contributed by atoms with Gasteiger partial charge in [0, 0.05) is 44.3 Å². The number of hydrogen-bond acceptors (Lipinski definition) is 4. The van der Waals surface area contributed by atoms with Gasteiger partial charge in [-0.15, -0.1) is 0 Å². The Morgan fingerprint density at radius 2 is 1.76 bits per heavy atom. The predicted octanol–water partition coefficient (Wildman–Crippen LogP) is 1.42. The lowest BCUT2D eigenvalue weighted by atomic mass is 9.76. The van der Waals surface area contributed by atoms with Crippen molar-refractivity contribution in [2.24, 2.45) is 11.8 Å². The molecule has 4 heteroatoms. The topological polar surface area (TPSA) is 27.7 Å². The fourth-order valence-electron chi connectivity index (χ4n) is 5.02. The summed E-state index contributed by atoms with van der Waals surface area (Å²) in [5.41, 5.74) is 0. The van der Waals surface area contributed by atoms with Gasteiger partial charge in [0.25, 0.3) is 0 Å². The molecule has 1 saturated carbocycles. The summed E-state index contributed by atoms with van der Waals surface area (Å²) in [6.45, 7) is 11.5. The van der Waals surface area contributed by atoms with E-state index in [1.54, 1.807) is 0 Å². The summed E-state index contributed by atoms with van der Waals surface area (Å²) in [7, 11) is 2.15. The van der Waals surface area contributed by atoms with Gasteiger partial charge >= 0.3 is 0 Å². The minimum Gasteiger partial charge on any atom is -0.379 e. The molecule has 5 unspecified atom stereocenters. The normalized spacial score (nSPS) is 43.3. The lowest BCUT2D eigenvalue weighted by Gasteiger charge is -2.45. The van der Waals surface area contributed by atoms with Gasteiger partial charge in [-0.3, -0.25) is 9.80 Å². The van der Waals surface area contributed by atoms with Crippen LogP contribution in [0.5, 0.6) is 0 Å². The number of nitrogens with one attached hydrogen (secondary N) is 1. The van der Waals surface area contributed by atoms with E-state index in [1.807, 2.05) is 0 Å². The summed E-state index contributed by atoms with van der Waals surface area (Å²) in [5.74, 6) is 1.68. The summed E-state index contributed by atoms with van der Waals surface area (Å²) in [4.78, 5) is 5.45. The molecule has 4 nitrogen and oxygen atoms in total. The van der Waals surface area contributed by atoms with Crippen molar-refractivity contribution in [3.8, 4) is 0 Å². The van der Waals surface area contributed by atoms with Crippen molar-refractivity contribution in [3.05, 3.63) is 0 Å². The van der Waals surface area contributed by atoms with E-state index in [9.17, 15) is 0 Å². The van der Waals surface area contributed by atoms with Gasteiger partial charge in [-0.25, -0.2) is 0 Å². The van der Waals surface area contributed by atoms with Crippen molar-refractivity contribution < 1.29 is 4.74 Å². The van der Waals surface area contributed by atoms with E-state index >= 15 is 0 Å². The van der Waals surface area contributed by atoms with Crippen LogP contribution >= 0.6 is 0 Å². The Labute approximate surface area is 130 Å². The zero-order valence-corrected chi connectivity index (χ0v) is 14.1. The lowest BCUT2D eigenvalue weighted by molar-refractivity contribution is 0.0140. The van der Waals surface area contributed by atoms with Crippen molar-refractivity contribution in [3.63, 3.8) is 0 Å². The quantitative estimate of drug-likeness (QED) is 0.852. The van der Waals surface area contributed by atoms with E-state index in [0.717, 1.165) is 50.2 Å². The summed E-state index contributed by atoms with van der Waals surface area (Å²) in [6, 6.07) is 2.17. The minimum atomic E-state index is 0.673. The van der Waals surface area contributed by atoms with Crippen molar-refractivity contribution in [2.45, 2.75) is 51.2 Å². The number of likely N-dealkylation sites (N-methyl/N-ethyl adjacent to an activating group) is 1. The highest BCUT2D eigenvalue weighted by atomic mass is 16.5. The highest BCUT2D eigenvalue weighted by molar-refractivity contribution is 4.97. The fraction of sp³-hybridized carbons (Fsp3) is 1.00. The molecule has 1 N–H and O–H groups in total. The molecule has 0 aromatic carbocycles. The Kier molecular flexibility index (Phi) is 5.20. The first-order valence-corrected chi connectivity index (χ1v) is 8.92. The van der Waals surface area contributed by atoms with Crippen LogP contribution in [0.4, 0.5) is 0 Å². The number of rotatable bonds is 3. The number of morpholine rings is 1. The number of likely N-dealkylation sites (tertiary alicyclic amines) is 1. The predicted molar refractivity (Wildman–Crippen MR) is 86.6 cm³/mol. The molecular formula is C17H33N3O. The van der Waals surface area contributed by atoms with E-state index in [0.29, 0.717) is 6.04 Å². The molecule has 1 aliphatic carbocycles. The molecule has 21 heavy (non-hydrogen) atoms. The van der Waals surface area contributed by atoms with Crippen LogP contribution in [0.1, 0.15) is 33.1 Å². The van der Waals surface area contributed by atoms with Crippen molar-refractivity contribution in [1.82, 2.24) is 15.1 Å². The van der Waals surface area contributed by atoms with Crippen LogP contribution in [0.25, 0.3) is 0 Å². The second-order valence-electron chi connectivity index (χ2n) is 7.53. The Bertz CT molecular complexity index is 332. The second-order valence-corrected chi connectivity index (χ2v) is 7.53. The summed E-state index contributed by atoms with van der Waals surface area (Å²) >= 11 is 0. The molecule has 0 aromatic heterocycles. The molecular weight excluding hydrogens is 262 g/mol.